The summed E-state index contributed by atoms with van der Waals surface area (Å²) in [6.45, 7) is 1.41. The Balaban J connectivity index is 1.71. The van der Waals surface area contributed by atoms with E-state index >= 15 is 0 Å². The molecule has 1 fully saturated rings. The number of rotatable bonds is 4. The van der Waals surface area contributed by atoms with E-state index in [2.05, 4.69) is 16.9 Å². The van der Waals surface area contributed by atoms with Gasteiger partial charge in [-0.3, -0.25) is 4.79 Å². The molecule has 6 heteroatoms. The number of benzene rings is 2. The molecule has 0 aromatic heterocycles. The number of hydrogen-bond donors (Lipinski definition) is 1. The van der Waals surface area contributed by atoms with Crippen LogP contribution in [0.1, 0.15) is 28.3 Å². The van der Waals surface area contributed by atoms with Crippen molar-refractivity contribution in [2.75, 3.05) is 20.1 Å². The Morgan fingerprint density at radius 3 is 2.38 bits per heavy atom. The average molecular weight is 344 g/mol. The minimum Gasteiger partial charge on any atom is -0.338 e. The molecule has 0 aliphatic carbocycles. The van der Waals surface area contributed by atoms with Gasteiger partial charge in [0.05, 0.1) is 4.90 Å². The summed E-state index contributed by atoms with van der Waals surface area (Å²) in [6.07, 6.45) is 0.946. The van der Waals surface area contributed by atoms with Gasteiger partial charge < -0.3 is 4.90 Å². The first-order valence-corrected chi connectivity index (χ1v) is 9.37. The molecule has 1 aliphatic rings. The van der Waals surface area contributed by atoms with Gasteiger partial charge in [0.2, 0.25) is 10.0 Å². The van der Waals surface area contributed by atoms with E-state index in [-0.39, 0.29) is 10.8 Å². The molecule has 1 aliphatic heterocycles. The summed E-state index contributed by atoms with van der Waals surface area (Å²) in [7, 11) is -2.12. The van der Waals surface area contributed by atoms with Crippen LogP contribution in [0.5, 0.6) is 0 Å². The molecule has 0 spiro atoms. The lowest BCUT2D eigenvalue weighted by Crippen LogP contribution is -2.28. The smallest absolute Gasteiger partial charge is 0.253 e. The molecule has 1 N–H and O–H groups in total. The number of hydrogen-bond acceptors (Lipinski definition) is 3. The van der Waals surface area contributed by atoms with E-state index in [4.69, 9.17) is 0 Å². The highest BCUT2D eigenvalue weighted by Crippen LogP contribution is 2.28. The second-order valence-corrected chi connectivity index (χ2v) is 7.77. The third-order valence-electron chi connectivity index (χ3n) is 4.43. The van der Waals surface area contributed by atoms with E-state index in [1.165, 1.54) is 24.7 Å². The molecule has 0 radical (unpaired) electrons. The van der Waals surface area contributed by atoms with Crippen LogP contribution in [0.15, 0.2) is 59.5 Å². The molecule has 0 unspecified atom stereocenters. The summed E-state index contributed by atoms with van der Waals surface area (Å²) < 4.78 is 25.7. The summed E-state index contributed by atoms with van der Waals surface area (Å²) >= 11 is 0. The van der Waals surface area contributed by atoms with Gasteiger partial charge in [0.15, 0.2) is 0 Å². The highest BCUT2D eigenvalue weighted by molar-refractivity contribution is 7.89. The third-order valence-corrected chi connectivity index (χ3v) is 5.86. The van der Waals surface area contributed by atoms with Gasteiger partial charge >= 0.3 is 0 Å². The van der Waals surface area contributed by atoms with Crippen molar-refractivity contribution in [1.82, 2.24) is 9.62 Å². The molecule has 0 saturated carbocycles. The molecule has 0 bridgehead atoms. The van der Waals surface area contributed by atoms with Gasteiger partial charge in [-0.25, -0.2) is 13.1 Å². The number of amides is 1. The first-order chi connectivity index (χ1) is 11.5. The number of sulfonamides is 1. The summed E-state index contributed by atoms with van der Waals surface area (Å²) in [5, 5.41) is 0. The first kappa shape index (κ1) is 16.7. The van der Waals surface area contributed by atoms with Crippen molar-refractivity contribution in [1.29, 1.82) is 0 Å². The van der Waals surface area contributed by atoms with Crippen molar-refractivity contribution in [2.24, 2.45) is 0 Å². The molecular formula is C18H20N2O3S. The zero-order chi connectivity index (χ0) is 17.2. The fourth-order valence-corrected chi connectivity index (χ4v) is 3.75. The molecule has 1 amide bonds. The molecule has 3 rings (SSSR count). The SMILES string of the molecule is CNS(=O)(=O)c1ccc(C(=O)N2CC[C@@H](c3ccccc3)C2)cc1. The number of carbonyl (C=O) groups excluding carboxylic acids is 1. The number of nitrogens with one attached hydrogen (secondary N) is 1. The van der Waals surface area contributed by atoms with Crippen LogP contribution in [-0.2, 0) is 10.0 Å². The summed E-state index contributed by atoms with van der Waals surface area (Å²) in [4.78, 5) is 14.6. The van der Waals surface area contributed by atoms with Crippen LogP contribution in [0.4, 0.5) is 0 Å². The monoisotopic (exact) mass is 344 g/mol. The van der Waals surface area contributed by atoms with Gasteiger partial charge in [-0.15, -0.1) is 0 Å². The Hall–Kier alpha value is -2.18. The molecule has 2 aromatic rings. The number of likely N-dealkylation sites (tertiary alicyclic amines) is 1. The Labute approximate surface area is 142 Å². The highest BCUT2D eigenvalue weighted by atomic mass is 32.2. The summed E-state index contributed by atoms with van der Waals surface area (Å²) in [6, 6.07) is 16.3. The molecule has 5 nitrogen and oxygen atoms in total. The molecular weight excluding hydrogens is 324 g/mol. The zero-order valence-electron chi connectivity index (χ0n) is 13.5. The van der Waals surface area contributed by atoms with Gasteiger partial charge in [-0.05, 0) is 43.3 Å². The number of nitrogens with zero attached hydrogens (tertiary/aromatic N) is 1. The van der Waals surface area contributed by atoms with Gasteiger partial charge in [0, 0.05) is 24.6 Å². The fraction of sp³-hybridized carbons (Fsp3) is 0.278. The second kappa shape index (κ2) is 6.75. The maximum Gasteiger partial charge on any atom is 0.253 e. The predicted molar refractivity (Wildman–Crippen MR) is 92.4 cm³/mol. The molecule has 1 heterocycles. The zero-order valence-corrected chi connectivity index (χ0v) is 14.3. The van der Waals surface area contributed by atoms with Crippen molar-refractivity contribution in [3.05, 3.63) is 65.7 Å². The van der Waals surface area contributed by atoms with Crippen molar-refractivity contribution in [3.63, 3.8) is 0 Å². The largest absolute Gasteiger partial charge is 0.338 e. The lowest BCUT2D eigenvalue weighted by atomic mass is 9.99. The van der Waals surface area contributed by atoms with Gasteiger partial charge in [-0.2, -0.15) is 0 Å². The maximum atomic E-state index is 12.6. The molecule has 24 heavy (non-hydrogen) atoms. The second-order valence-electron chi connectivity index (χ2n) is 5.88. The maximum absolute atomic E-state index is 12.6. The Bertz CT molecular complexity index is 817. The van der Waals surface area contributed by atoms with Crippen LogP contribution in [0.3, 0.4) is 0 Å². The molecule has 2 aromatic carbocycles. The number of carbonyl (C=O) groups is 1. The van der Waals surface area contributed by atoms with E-state index in [1.54, 1.807) is 12.1 Å². The molecule has 126 valence electrons. The van der Waals surface area contributed by atoms with Crippen molar-refractivity contribution < 1.29 is 13.2 Å². The Kier molecular flexibility index (Phi) is 4.69. The quantitative estimate of drug-likeness (QED) is 0.925. The third kappa shape index (κ3) is 3.34. The van der Waals surface area contributed by atoms with Crippen LogP contribution >= 0.6 is 0 Å². The normalized spacial score (nSPS) is 17.9. The van der Waals surface area contributed by atoms with Gasteiger partial charge in [0.25, 0.3) is 5.91 Å². The van der Waals surface area contributed by atoms with E-state index in [1.807, 2.05) is 23.1 Å². The summed E-state index contributed by atoms with van der Waals surface area (Å²) in [5.74, 6) is 0.306. The first-order valence-electron chi connectivity index (χ1n) is 7.89. The van der Waals surface area contributed by atoms with Crippen LogP contribution in [-0.4, -0.2) is 39.4 Å². The molecule has 1 saturated heterocycles. The van der Waals surface area contributed by atoms with E-state index < -0.39 is 10.0 Å². The Morgan fingerprint density at radius 2 is 1.75 bits per heavy atom. The van der Waals surface area contributed by atoms with E-state index in [0.717, 1.165) is 13.0 Å². The average Bonchev–Trinajstić information content (AvgIpc) is 3.12. The van der Waals surface area contributed by atoms with Crippen molar-refractivity contribution >= 4 is 15.9 Å². The van der Waals surface area contributed by atoms with Crippen LogP contribution in [0.25, 0.3) is 0 Å². The lowest BCUT2D eigenvalue weighted by molar-refractivity contribution is 0.0790. The highest BCUT2D eigenvalue weighted by Gasteiger charge is 2.28. The minimum absolute atomic E-state index is 0.0539. The van der Waals surface area contributed by atoms with Crippen molar-refractivity contribution in [2.45, 2.75) is 17.2 Å². The summed E-state index contributed by atoms with van der Waals surface area (Å²) in [5.41, 5.74) is 1.77. The molecule has 1 atom stereocenters. The van der Waals surface area contributed by atoms with E-state index in [9.17, 15) is 13.2 Å². The van der Waals surface area contributed by atoms with Crippen LogP contribution in [0, 0.1) is 0 Å². The van der Waals surface area contributed by atoms with Crippen LogP contribution in [0.2, 0.25) is 0 Å². The minimum atomic E-state index is -3.48. The standard InChI is InChI=1S/C18H20N2O3S/c1-19-24(22,23)17-9-7-15(8-10-17)18(21)20-12-11-16(13-20)14-5-3-2-4-6-14/h2-10,16,19H,11-13H2,1H3/t16-/m1/s1. The van der Waals surface area contributed by atoms with Crippen molar-refractivity contribution in [3.8, 4) is 0 Å². The van der Waals surface area contributed by atoms with Gasteiger partial charge in [-0.1, -0.05) is 30.3 Å². The Morgan fingerprint density at radius 1 is 1.08 bits per heavy atom. The fourth-order valence-electron chi connectivity index (χ4n) is 3.02. The van der Waals surface area contributed by atoms with Gasteiger partial charge in [0.1, 0.15) is 0 Å². The van der Waals surface area contributed by atoms with E-state index in [0.29, 0.717) is 18.0 Å². The lowest BCUT2D eigenvalue weighted by Gasteiger charge is -2.17. The van der Waals surface area contributed by atoms with Crippen LogP contribution < -0.4 is 4.72 Å². The predicted octanol–water partition coefficient (Wildman–Crippen LogP) is 2.22. The topological polar surface area (TPSA) is 66.5 Å².